The van der Waals surface area contributed by atoms with Gasteiger partial charge in [0.25, 0.3) is 0 Å². The third-order valence-electron chi connectivity index (χ3n) is 2.27. The van der Waals surface area contributed by atoms with E-state index in [1.54, 1.807) is 6.26 Å². The molecule has 1 N–H and O–H groups in total. The first-order chi connectivity index (χ1) is 6.79. The van der Waals surface area contributed by atoms with E-state index in [0.29, 0.717) is 0 Å². The van der Waals surface area contributed by atoms with Gasteiger partial charge in [0.15, 0.2) is 0 Å². The lowest BCUT2D eigenvalue weighted by Crippen LogP contribution is -2.40. The van der Waals surface area contributed by atoms with E-state index < -0.39 is 10.8 Å². The van der Waals surface area contributed by atoms with Gasteiger partial charge < -0.3 is 10.1 Å². The largest absolute Gasteiger partial charge is 0.379 e. The molecule has 0 saturated carbocycles. The third kappa shape index (κ3) is 5.70. The van der Waals surface area contributed by atoms with Gasteiger partial charge in [0, 0.05) is 55.5 Å². The molecule has 1 rings (SSSR count). The average Bonchev–Trinajstić information content (AvgIpc) is 2.18. The van der Waals surface area contributed by atoms with Crippen molar-refractivity contribution >= 4 is 10.8 Å². The van der Waals surface area contributed by atoms with Crippen molar-refractivity contribution in [1.82, 2.24) is 10.2 Å². The predicted octanol–water partition coefficient (Wildman–Crippen LogP) is -0.713. The van der Waals surface area contributed by atoms with Gasteiger partial charge in [0.05, 0.1) is 13.2 Å². The van der Waals surface area contributed by atoms with Gasteiger partial charge in [-0.25, -0.2) is 0 Å². The lowest BCUT2D eigenvalue weighted by atomic mass is 10.4. The molecule has 1 aliphatic rings. The second-order valence-electron chi connectivity index (χ2n) is 3.48. The molecule has 1 atom stereocenters. The van der Waals surface area contributed by atoms with E-state index in [-0.39, 0.29) is 0 Å². The van der Waals surface area contributed by atoms with Gasteiger partial charge in [-0.1, -0.05) is 0 Å². The Labute approximate surface area is 88.5 Å². The van der Waals surface area contributed by atoms with Crippen LogP contribution >= 0.6 is 0 Å². The van der Waals surface area contributed by atoms with Crippen LogP contribution in [0.15, 0.2) is 0 Å². The van der Waals surface area contributed by atoms with Gasteiger partial charge >= 0.3 is 0 Å². The molecular formula is C9H20N2O2S. The first-order valence-corrected chi connectivity index (χ1v) is 6.82. The molecule has 0 aromatic carbocycles. The van der Waals surface area contributed by atoms with Crippen molar-refractivity contribution in [2.24, 2.45) is 0 Å². The molecule has 1 heterocycles. The van der Waals surface area contributed by atoms with Crippen LogP contribution in [0.25, 0.3) is 0 Å². The summed E-state index contributed by atoms with van der Waals surface area (Å²) in [5, 5.41) is 3.29. The molecule has 1 saturated heterocycles. The smallest absolute Gasteiger partial charge is 0.0594 e. The molecule has 5 heteroatoms. The van der Waals surface area contributed by atoms with E-state index in [2.05, 4.69) is 10.2 Å². The Morgan fingerprint density at radius 2 is 2.07 bits per heavy atom. The van der Waals surface area contributed by atoms with E-state index in [9.17, 15) is 4.21 Å². The number of nitrogens with one attached hydrogen (secondary N) is 1. The Morgan fingerprint density at radius 1 is 1.36 bits per heavy atom. The molecule has 84 valence electrons. The van der Waals surface area contributed by atoms with Crippen LogP contribution in [0.5, 0.6) is 0 Å². The molecule has 1 unspecified atom stereocenters. The molecule has 4 nitrogen and oxygen atoms in total. The number of nitrogens with zero attached hydrogens (tertiary/aromatic N) is 1. The Balaban J connectivity index is 1.90. The maximum Gasteiger partial charge on any atom is 0.0594 e. The third-order valence-corrected chi connectivity index (χ3v) is 3.05. The maximum atomic E-state index is 10.8. The highest BCUT2D eigenvalue weighted by atomic mass is 32.2. The Kier molecular flexibility index (Phi) is 6.34. The molecular weight excluding hydrogens is 200 g/mol. The van der Waals surface area contributed by atoms with Crippen molar-refractivity contribution in [2.75, 3.05) is 57.9 Å². The summed E-state index contributed by atoms with van der Waals surface area (Å²) in [6.45, 7) is 6.71. The standard InChI is InChI=1S/C9H20N2O2S/c1-14(12)9-3-10-2-4-11-5-7-13-8-6-11/h10H,2-9H2,1H3. The highest BCUT2D eigenvalue weighted by Gasteiger charge is 2.08. The fourth-order valence-corrected chi connectivity index (χ4v) is 1.83. The number of rotatable bonds is 6. The van der Waals surface area contributed by atoms with E-state index in [4.69, 9.17) is 4.74 Å². The normalized spacial score (nSPS) is 20.9. The van der Waals surface area contributed by atoms with E-state index in [1.165, 1.54) is 0 Å². The van der Waals surface area contributed by atoms with Crippen LogP contribution in [0, 0.1) is 0 Å². The fraction of sp³-hybridized carbons (Fsp3) is 1.00. The van der Waals surface area contributed by atoms with Crippen molar-refractivity contribution in [3.05, 3.63) is 0 Å². The summed E-state index contributed by atoms with van der Waals surface area (Å²) >= 11 is 0. The monoisotopic (exact) mass is 220 g/mol. The Hall–Kier alpha value is 0.0300. The first-order valence-electron chi connectivity index (χ1n) is 5.10. The molecule has 1 fully saturated rings. The lowest BCUT2D eigenvalue weighted by Gasteiger charge is -2.26. The fourth-order valence-electron chi connectivity index (χ4n) is 1.40. The van der Waals surface area contributed by atoms with E-state index >= 15 is 0 Å². The minimum absolute atomic E-state index is 0.670. The molecule has 1 aliphatic heterocycles. The second kappa shape index (κ2) is 7.34. The van der Waals surface area contributed by atoms with Gasteiger partial charge in [0.1, 0.15) is 0 Å². The summed E-state index contributed by atoms with van der Waals surface area (Å²) in [5.74, 6) is 0.753. The summed E-state index contributed by atoms with van der Waals surface area (Å²) < 4.78 is 16.0. The topological polar surface area (TPSA) is 41.6 Å². The summed E-state index contributed by atoms with van der Waals surface area (Å²) in [6.07, 6.45) is 1.74. The molecule has 0 radical (unpaired) electrons. The van der Waals surface area contributed by atoms with Crippen molar-refractivity contribution in [2.45, 2.75) is 0 Å². The van der Waals surface area contributed by atoms with Gasteiger partial charge in [-0.05, 0) is 0 Å². The summed E-state index contributed by atoms with van der Waals surface area (Å²) in [7, 11) is -0.670. The second-order valence-corrected chi connectivity index (χ2v) is 5.04. The van der Waals surface area contributed by atoms with Crippen LogP contribution in [0.2, 0.25) is 0 Å². The van der Waals surface area contributed by atoms with Crippen LogP contribution in [0.1, 0.15) is 0 Å². The predicted molar refractivity (Wildman–Crippen MR) is 59.1 cm³/mol. The zero-order valence-electron chi connectivity index (χ0n) is 8.83. The molecule has 0 aliphatic carbocycles. The minimum atomic E-state index is -0.670. The van der Waals surface area contributed by atoms with E-state index in [1.807, 2.05) is 0 Å². The van der Waals surface area contributed by atoms with Crippen LogP contribution in [0.3, 0.4) is 0 Å². The van der Waals surface area contributed by atoms with Crippen molar-refractivity contribution in [1.29, 1.82) is 0 Å². The van der Waals surface area contributed by atoms with Gasteiger partial charge in [0.2, 0.25) is 0 Å². The molecule has 0 bridgehead atoms. The SMILES string of the molecule is CS(=O)CCNCCN1CCOCC1. The summed E-state index contributed by atoms with van der Waals surface area (Å²) in [5.41, 5.74) is 0. The highest BCUT2D eigenvalue weighted by molar-refractivity contribution is 7.84. The maximum absolute atomic E-state index is 10.8. The zero-order valence-corrected chi connectivity index (χ0v) is 9.65. The first kappa shape index (κ1) is 12.1. The molecule has 0 aromatic heterocycles. The quantitative estimate of drug-likeness (QED) is 0.600. The molecule has 14 heavy (non-hydrogen) atoms. The summed E-state index contributed by atoms with van der Waals surface area (Å²) in [6, 6.07) is 0. The number of morpholine rings is 1. The number of ether oxygens (including phenoxy) is 1. The van der Waals surface area contributed by atoms with Crippen LogP contribution in [-0.4, -0.2) is 67.1 Å². The van der Waals surface area contributed by atoms with Gasteiger partial charge in [-0.2, -0.15) is 0 Å². The van der Waals surface area contributed by atoms with Crippen molar-refractivity contribution < 1.29 is 8.95 Å². The number of hydrogen-bond donors (Lipinski definition) is 1. The van der Waals surface area contributed by atoms with Gasteiger partial charge in [-0.15, -0.1) is 0 Å². The Morgan fingerprint density at radius 3 is 2.71 bits per heavy atom. The molecule has 0 amide bonds. The van der Waals surface area contributed by atoms with Crippen LogP contribution in [0.4, 0.5) is 0 Å². The van der Waals surface area contributed by atoms with Crippen molar-refractivity contribution in [3.8, 4) is 0 Å². The lowest BCUT2D eigenvalue weighted by molar-refractivity contribution is 0.0385. The van der Waals surface area contributed by atoms with Crippen LogP contribution in [-0.2, 0) is 15.5 Å². The molecule has 0 spiro atoms. The van der Waals surface area contributed by atoms with Crippen molar-refractivity contribution in [3.63, 3.8) is 0 Å². The van der Waals surface area contributed by atoms with Gasteiger partial charge in [-0.3, -0.25) is 9.11 Å². The highest BCUT2D eigenvalue weighted by Crippen LogP contribution is 1.94. The minimum Gasteiger partial charge on any atom is -0.379 e. The zero-order chi connectivity index (χ0) is 10.2. The summed E-state index contributed by atoms with van der Waals surface area (Å²) in [4.78, 5) is 2.39. The van der Waals surface area contributed by atoms with E-state index in [0.717, 1.165) is 51.7 Å². The number of hydrogen-bond acceptors (Lipinski definition) is 4. The average molecular weight is 220 g/mol. The molecule has 0 aromatic rings. The Bertz CT molecular complexity index is 172. The van der Waals surface area contributed by atoms with Crippen LogP contribution < -0.4 is 5.32 Å².